The van der Waals surface area contributed by atoms with E-state index in [-0.39, 0.29) is 29.3 Å². The molecule has 1 N–H and O–H groups in total. The van der Waals surface area contributed by atoms with Crippen LogP contribution in [0.3, 0.4) is 0 Å². The number of hydrogen-bond acceptors (Lipinski definition) is 6. The van der Waals surface area contributed by atoms with Crippen LogP contribution in [0.2, 0.25) is 5.15 Å². The first kappa shape index (κ1) is 16.7. The van der Waals surface area contributed by atoms with Gasteiger partial charge in [0.1, 0.15) is 0 Å². The molecule has 24 heavy (non-hydrogen) atoms. The number of fused-ring (bicyclic) bond motifs is 1. The second-order valence-electron chi connectivity index (χ2n) is 5.47. The number of halogens is 1. The van der Waals surface area contributed by atoms with Crippen molar-refractivity contribution in [3.63, 3.8) is 0 Å². The largest absolute Gasteiger partial charge is 0.451 e. The predicted octanol–water partition coefficient (Wildman–Crippen LogP) is 0.943. The molecule has 0 saturated heterocycles. The number of esters is 1. The number of hydrogen-bond donors (Lipinski definition) is 1. The minimum Gasteiger partial charge on any atom is -0.451 e. The quantitative estimate of drug-likeness (QED) is 0.764. The van der Waals surface area contributed by atoms with E-state index in [1.807, 2.05) is 0 Å². The minimum atomic E-state index is -0.741. The van der Waals surface area contributed by atoms with E-state index in [2.05, 4.69) is 10.3 Å². The maximum absolute atomic E-state index is 12.1. The summed E-state index contributed by atoms with van der Waals surface area (Å²) in [5.74, 6) is -1.44. The zero-order chi connectivity index (χ0) is 17.3. The van der Waals surface area contributed by atoms with E-state index in [1.165, 1.54) is 27.7 Å². The van der Waals surface area contributed by atoms with Crippen molar-refractivity contribution < 1.29 is 19.1 Å². The van der Waals surface area contributed by atoms with Crippen molar-refractivity contribution in [3.05, 3.63) is 22.4 Å². The summed E-state index contributed by atoms with van der Waals surface area (Å²) in [5, 5.41) is 4.56. The molecule has 0 spiro atoms. The molecule has 8 nitrogen and oxygen atoms in total. The van der Waals surface area contributed by atoms with Crippen LogP contribution in [-0.2, 0) is 14.3 Å². The van der Waals surface area contributed by atoms with Gasteiger partial charge in [-0.1, -0.05) is 11.6 Å². The first-order chi connectivity index (χ1) is 11.5. The van der Waals surface area contributed by atoms with Gasteiger partial charge in [-0.2, -0.15) is 0 Å². The number of carbonyl (C=O) groups excluding carboxylic acids is 3. The standard InChI is InChI=1S/C14H15ClN4O4S/c1-18(6-9(20)16-8-2-3-8)10(21)7-23-13(22)11-12(15)17-14-19(11)4-5-24-14/h4-5,8H,2-3,6-7H2,1H3,(H,16,20). The third-order valence-corrected chi connectivity index (χ3v) is 4.51. The molecule has 1 aliphatic rings. The molecule has 10 heteroatoms. The van der Waals surface area contributed by atoms with Crippen LogP contribution < -0.4 is 5.32 Å². The lowest BCUT2D eigenvalue weighted by Gasteiger charge is -2.16. The van der Waals surface area contributed by atoms with Crippen molar-refractivity contribution in [1.29, 1.82) is 0 Å². The second kappa shape index (κ2) is 6.78. The molecule has 0 aromatic carbocycles. The van der Waals surface area contributed by atoms with E-state index in [9.17, 15) is 14.4 Å². The topological polar surface area (TPSA) is 93.0 Å². The van der Waals surface area contributed by atoms with Gasteiger partial charge in [0, 0.05) is 24.7 Å². The molecule has 0 bridgehead atoms. The Kier molecular flexibility index (Phi) is 4.72. The summed E-state index contributed by atoms with van der Waals surface area (Å²) in [5.41, 5.74) is 0.0786. The SMILES string of the molecule is CN(CC(=O)NC1CC1)C(=O)COC(=O)c1c(Cl)nc2sccn12. The van der Waals surface area contributed by atoms with Crippen molar-refractivity contribution in [3.8, 4) is 0 Å². The molecule has 2 amide bonds. The van der Waals surface area contributed by atoms with Crippen LogP contribution >= 0.6 is 22.9 Å². The van der Waals surface area contributed by atoms with Gasteiger partial charge in [-0.25, -0.2) is 9.78 Å². The Labute approximate surface area is 146 Å². The lowest BCUT2D eigenvalue weighted by Crippen LogP contribution is -2.40. The molecule has 3 rings (SSSR count). The lowest BCUT2D eigenvalue weighted by molar-refractivity contribution is -0.137. The average molecular weight is 371 g/mol. The van der Waals surface area contributed by atoms with Crippen LogP contribution in [0.4, 0.5) is 0 Å². The van der Waals surface area contributed by atoms with Gasteiger partial charge in [0.05, 0.1) is 6.54 Å². The van der Waals surface area contributed by atoms with Gasteiger partial charge in [0.25, 0.3) is 5.91 Å². The number of thiazole rings is 1. The number of nitrogens with one attached hydrogen (secondary N) is 1. The van der Waals surface area contributed by atoms with Gasteiger partial charge in [-0.15, -0.1) is 11.3 Å². The van der Waals surface area contributed by atoms with Crippen LogP contribution in [0.5, 0.6) is 0 Å². The number of imidazole rings is 1. The van der Waals surface area contributed by atoms with E-state index in [0.29, 0.717) is 4.96 Å². The Morgan fingerprint density at radius 1 is 1.50 bits per heavy atom. The Balaban J connectivity index is 1.53. The van der Waals surface area contributed by atoms with Crippen molar-refractivity contribution in [1.82, 2.24) is 19.6 Å². The number of rotatable bonds is 6. The highest BCUT2D eigenvalue weighted by Crippen LogP contribution is 2.22. The molecule has 1 saturated carbocycles. The second-order valence-corrected chi connectivity index (χ2v) is 6.71. The van der Waals surface area contributed by atoms with Crippen molar-refractivity contribution >= 4 is 45.7 Å². The normalized spacial score (nSPS) is 13.8. The highest BCUT2D eigenvalue weighted by atomic mass is 35.5. The van der Waals surface area contributed by atoms with Crippen molar-refractivity contribution in [2.24, 2.45) is 0 Å². The molecule has 0 radical (unpaired) electrons. The Bertz CT molecular complexity index is 798. The number of nitrogens with zero attached hydrogens (tertiary/aromatic N) is 3. The summed E-state index contributed by atoms with van der Waals surface area (Å²) in [6, 6.07) is 0.232. The lowest BCUT2D eigenvalue weighted by atomic mass is 10.4. The molecule has 128 valence electrons. The molecular weight excluding hydrogens is 356 g/mol. The van der Waals surface area contributed by atoms with Crippen molar-refractivity contribution in [2.45, 2.75) is 18.9 Å². The molecule has 0 unspecified atom stereocenters. The third kappa shape index (κ3) is 3.68. The number of aromatic nitrogens is 2. The molecule has 2 aromatic rings. The zero-order valence-electron chi connectivity index (χ0n) is 12.8. The summed E-state index contributed by atoms with van der Waals surface area (Å²) in [4.78, 5) is 41.6. The van der Waals surface area contributed by atoms with Gasteiger partial charge in [0.2, 0.25) is 5.91 Å². The summed E-state index contributed by atoms with van der Waals surface area (Å²) in [7, 11) is 1.48. The van der Waals surface area contributed by atoms with Crippen LogP contribution in [0.25, 0.3) is 4.96 Å². The molecule has 2 aromatic heterocycles. The van der Waals surface area contributed by atoms with Crippen LogP contribution in [0.15, 0.2) is 11.6 Å². The Morgan fingerprint density at radius 2 is 2.25 bits per heavy atom. The molecule has 0 aliphatic heterocycles. The number of amides is 2. The molecular formula is C14H15ClN4O4S. The maximum atomic E-state index is 12.1. The Hall–Kier alpha value is -2.13. The van der Waals surface area contributed by atoms with E-state index in [0.717, 1.165) is 12.8 Å². The molecule has 2 heterocycles. The molecule has 0 atom stereocenters. The summed E-state index contributed by atoms with van der Waals surface area (Å²) in [6.45, 7) is -0.547. The van der Waals surface area contributed by atoms with E-state index < -0.39 is 18.5 Å². The van der Waals surface area contributed by atoms with Gasteiger partial charge in [-0.05, 0) is 12.8 Å². The van der Waals surface area contributed by atoms with Crippen LogP contribution in [-0.4, -0.2) is 58.3 Å². The highest BCUT2D eigenvalue weighted by molar-refractivity contribution is 7.15. The fourth-order valence-corrected chi connectivity index (χ4v) is 3.06. The summed E-state index contributed by atoms with van der Waals surface area (Å²) < 4.78 is 6.51. The summed E-state index contributed by atoms with van der Waals surface area (Å²) in [6.07, 6.45) is 3.60. The van der Waals surface area contributed by atoms with Gasteiger partial charge < -0.3 is 15.0 Å². The van der Waals surface area contributed by atoms with E-state index >= 15 is 0 Å². The maximum Gasteiger partial charge on any atom is 0.359 e. The summed E-state index contributed by atoms with van der Waals surface area (Å²) >= 11 is 7.26. The number of likely N-dealkylation sites (N-methyl/N-ethyl adjacent to an activating group) is 1. The van der Waals surface area contributed by atoms with Crippen LogP contribution in [0.1, 0.15) is 23.3 Å². The number of carbonyl (C=O) groups is 3. The third-order valence-electron chi connectivity index (χ3n) is 3.49. The van der Waals surface area contributed by atoms with Gasteiger partial charge in [-0.3, -0.25) is 14.0 Å². The first-order valence-electron chi connectivity index (χ1n) is 7.27. The van der Waals surface area contributed by atoms with Gasteiger partial charge in [0.15, 0.2) is 22.4 Å². The van der Waals surface area contributed by atoms with Gasteiger partial charge >= 0.3 is 5.97 Å². The molecule has 1 aliphatic carbocycles. The minimum absolute atomic E-state index is 0.0245. The monoisotopic (exact) mass is 370 g/mol. The first-order valence-corrected chi connectivity index (χ1v) is 8.53. The predicted molar refractivity (Wildman–Crippen MR) is 87.2 cm³/mol. The average Bonchev–Trinajstić information content (AvgIpc) is 3.12. The highest BCUT2D eigenvalue weighted by Gasteiger charge is 2.25. The van der Waals surface area contributed by atoms with E-state index in [4.69, 9.17) is 16.3 Å². The molecule has 1 fully saturated rings. The Morgan fingerprint density at radius 3 is 2.96 bits per heavy atom. The number of ether oxygens (including phenoxy) is 1. The zero-order valence-corrected chi connectivity index (χ0v) is 14.4. The van der Waals surface area contributed by atoms with Crippen LogP contribution in [0, 0.1) is 0 Å². The fourth-order valence-electron chi connectivity index (χ4n) is 2.05. The smallest absolute Gasteiger partial charge is 0.359 e. The fraction of sp³-hybridized carbons (Fsp3) is 0.429. The van der Waals surface area contributed by atoms with E-state index in [1.54, 1.807) is 11.6 Å². The van der Waals surface area contributed by atoms with Crippen molar-refractivity contribution in [2.75, 3.05) is 20.2 Å².